The summed E-state index contributed by atoms with van der Waals surface area (Å²) in [7, 11) is -9.89. The number of pyridine rings is 8. The van der Waals surface area contributed by atoms with Crippen molar-refractivity contribution < 1.29 is 112 Å². The smallest absolute Gasteiger partial charge is 0.537 e. The van der Waals surface area contributed by atoms with E-state index in [0.29, 0.717) is 0 Å². The van der Waals surface area contributed by atoms with Crippen molar-refractivity contribution in [3.8, 4) is 24.0 Å². The minimum absolute atomic E-state index is 0. The number of nitrogens with zero attached hydrogens (tertiary/aromatic N) is 14. The van der Waals surface area contributed by atoms with Crippen LogP contribution < -0.4 is 47.5 Å². The monoisotopic (exact) mass is 1380 g/mol. The van der Waals surface area contributed by atoms with E-state index < -0.39 is 32.4 Å². The second-order valence-electron chi connectivity index (χ2n) is 18.4. The van der Waals surface area contributed by atoms with Crippen LogP contribution in [0.3, 0.4) is 0 Å². The first kappa shape index (κ1) is 83.8. The molecule has 8 heterocycles. The molecule has 8 aromatic heterocycles. The standard InChI is InChI=1S/2C27H30N6.C4H2O4.2C2H3N.2ClHO4.2Mn/c2*1-23(33(21-26-12-4-8-16-30-26)22-27-13-5-9-17-31-27)18-32(19-24-10-2-6-14-28-24)20-25-11-3-7-15-29-25;5-3(6)1-2-4(7)8;2*1-2-3;2*2-1(3,4)5;;/h2*2-17,23H,18-22H2,1H3;(H,5,6)(H,7,8);2*1H3;2*(H,2,3,4,5);;/q;;;;;;;2*+2/p-4/t2*23-;;;;;;;/m10......./s1. The van der Waals surface area contributed by atoms with Gasteiger partial charge in [0.1, 0.15) is 11.9 Å². The van der Waals surface area contributed by atoms with Crippen LogP contribution in [0.25, 0.3) is 0 Å². The Labute approximate surface area is 560 Å². The Morgan fingerprint density at radius 3 is 0.652 bits per heavy atom. The van der Waals surface area contributed by atoms with Crippen LogP contribution in [0.4, 0.5) is 0 Å². The van der Waals surface area contributed by atoms with Gasteiger partial charge in [0.05, 0.1) is 57.7 Å². The van der Waals surface area contributed by atoms with E-state index in [0.717, 1.165) is 111 Å². The van der Waals surface area contributed by atoms with E-state index in [2.05, 4.69) is 122 Å². The number of nitriles is 2. The van der Waals surface area contributed by atoms with Crippen LogP contribution in [0.1, 0.15) is 73.2 Å². The number of halogens is 2. The quantitative estimate of drug-likeness (QED) is 0.0475. The molecule has 2 radical (unpaired) electrons. The number of hydrogen-bond acceptors (Lipinski definition) is 26. The van der Waals surface area contributed by atoms with Crippen molar-refractivity contribution in [2.75, 3.05) is 13.1 Å². The van der Waals surface area contributed by atoms with Gasteiger partial charge < -0.3 is 19.8 Å². The number of carboxylic acids is 2. The Bertz CT molecular complexity index is 2920. The van der Waals surface area contributed by atoms with Gasteiger partial charge in [0.25, 0.3) is 0 Å². The number of carboxylic acid groups (broad SMARTS) is 2. The van der Waals surface area contributed by atoms with Gasteiger partial charge in [-0.15, -0.1) is 20.5 Å². The molecule has 8 rings (SSSR count). The minimum Gasteiger partial charge on any atom is -0.537 e. The maximum absolute atomic E-state index is 9.33. The van der Waals surface area contributed by atoms with Gasteiger partial charge in [-0.2, -0.15) is 10.5 Å². The fourth-order valence-electron chi connectivity index (χ4n) is 7.87. The summed E-state index contributed by atoms with van der Waals surface area (Å²) in [5.74, 6) is -0.978. The molecule has 0 unspecified atom stereocenters. The molecule has 0 saturated heterocycles. The van der Waals surface area contributed by atoms with Crippen LogP contribution in [0.5, 0.6) is 0 Å². The topological polar surface area (TPSA) is 428 Å². The first-order chi connectivity index (χ1) is 43.0. The van der Waals surface area contributed by atoms with Crippen LogP contribution in [0, 0.1) is 55.0 Å². The molecule has 92 heavy (non-hydrogen) atoms. The second-order valence-corrected chi connectivity index (χ2v) is 20.0. The van der Waals surface area contributed by atoms with E-state index in [1.807, 2.05) is 147 Å². The van der Waals surface area contributed by atoms with Gasteiger partial charge in [-0.25, -0.2) is 37.3 Å². The van der Waals surface area contributed by atoms with Crippen LogP contribution in [0.2, 0.25) is 0 Å². The molecular weight excluding hydrogens is 1310 g/mol. The van der Waals surface area contributed by atoms with Crippen molar-refractivity contribution in [1.82, 2.24) is 59.5 Å². The van der Waals surface area contributed by atoms with E-state index in [4.69, 9.17) is 47.8 Å². The number of aliphatic carboxylic acids is 2. The molecule has 2 atom stereocenters. The molecule has 0 spiro atoms. The van der Waals surface area contributed by atoms with Gasteiger partial charge in [-0.05, 0) is 123 Å². The Hall–Kier alpha value is -8.18. The molecule has 0 aliphatic rings. The van der Waals surface area contributed by atoms with Crippen molar-refractivity contribution in [2.24, 2.45) is 0 Å². The normalized spacial score (nSPS) is 10.8. The fraction of sp³-hybridized carbons (Fsp3) is 0.258. The van der Waals surface area contributed by atoms with E-state index in [1.165, 1.54) is 25.7 Å². The summed E-state index contributed by atoms with van der Waals surface area (Å²) in [6.45, 7) is 15.3. The minimum atomic E-state index is -4.94. The molecular formula is C62H66Cl2Mn2N14O12. The summed E-state index contributed by atoms with van der Waals surface area (Å²) in [5, 5.41) is 33.3. The molecule has 484 valence electrons. The summed E-state index contributed by atoms with van der Waals surface area (Å²) in [6.07, 6.45) is 14.8. The van der Waals surface area contributed by atoms with E-state index in [9.17, 15) is 19.8 Å². The van der Waals surface area contributed by atoms with Crippen molar-refractivity contribution in [2.45, 2.75) is 92.1 Å². The largest absolute Gasteiger partial charge is 2.00 e. The van der Waals surface area contributed by atoms with Gasteiger partial charge in [0.15, 0.2) is 0 Å². The SMILES string of the molecule is CC#N.CC#N.C[C@@H](CN(Cc1ccccn1)Cc1ccccn1)N(Cc1ccccn1)Cc1ccccn1.C[C@H](CN(Cc1ccccn1)Cc1ccccn1)N(Cc1ccccn1)Cc1ccccn1.O=C([O-])C#CC(=O)[O-].[Mn+2].[Mn+2].[O-][Cl+3]([O-])([O-])[O-].[O-][Cl+3]([O-])([O-])[O-]. The van der Waals surface area contributed by atoms with Gasteiger partial charge in [-0.1, -0.05) is 48.5 Å². The van der Waals surface area contributed by atoms with Crippen LogP contribution in [-0.2, 0) is 96.1 Å². The predicted octanol–water partition coefficient (Wildman–Crippen LogP) is -3.25. The summed E-state index contributed by atoms with van der Waals surface area (Å²) in [4.78, 5) is 64.8. The fourth-order valence-corrected chi connectivity index (χ4v) is 7.87. The molecule has 0 saturated carbocycles. The molecule has 0 aliphatic heterocycles. The Kier molecular flexibility index (Phi) is 45.1. The Morgan fingerprint density at radius 1 is 0.370 bits per heavy atom. The number of rotatable bonds is 22. The number of carbonyl (C=O) groups is 2. The molecule has 0 aliphatic carbocycles. The molecule has 8 aromatic rings. The van der Waals surface area contributed by atoms with Crippen LogP contribution in [0.15, 0.2) is 195 Å². The average molecular weight is 1380 g/mol. The first-order valence-corrected chi connectivity index (χ1v) is 29.4. The Morgan fingerprint density at radius 2 is 0.522 bits per heavy atom. The average Bonchev–Trinajstić information content (AvgIpc) is 2.08. The summed E-state index contributed by atoms with van der Waals surface area (Å²) in [6, 6.07) is 52.6. The van der Waals surface area contributed by atoms with Crippen molar-refractivity contribution >= 4 is 11.9 Å². The zero-order valence-corrected chi connectivity index (χ0v) is 54.2. The molecule has 0 fully saturated rings. The van der Waals surface area contributed by atoms with Gasteiger partial charge in [-0.3, -0.25) is 59.5 Å². The van der Waals surface area contributed by atoms with Crippen molar-refractivity contribution in [3.63, 3.8) is 0 Å². The van der Waals surface area contributed by atoms with E-state index in [-0.39, 0.29) is 46.2 Å². The molecule has 30 heteroatoms. The number of carbonyl (C=O) groups excluding carboxylic acids is 2. The first-order valence-electron chi connectivity index (χ1n) is 26.9. The number of hydrogen-bond donors (Lipinski definition) is 0. The Balaban J connectivity index is 0.00000131. The third-order valence-corrected chi connectivity index (χ3v) is 11.4. The zero-order chi connectivity index (χ0) is 66.4. The van der Waals surface area contributed by atoms with Crippen molar-refractivity contribution in [3.05, 3.63) is 241 Å². The predicted molar refractivity (Wildman–Crippen MR) is 300 cm³/mol. The van der Waals surface area contributed by atoms with Gasteiger partial charge >= 0.3 is 34.1 Å². The molecule has 26 nitrogen and oxygen atoms in total. The molecule has 0 bridgehead atoms. The van der Waals surface area contributed by atoms with Gasteiger partial charge in [0, 0.05) is 141 Å². The molecule has 0 aromatic carbocycles. The van der Waals surface area contributed by atoms with Crippen LogP contribution >= 0.6 is 0 Å². The zero-order valence-electron chi connectivity index (χ0n) is 50.4. The maximum Gasteiger partial charge on any atom is 2.00 e. The van der Waals surface area contributed by atoms with Crippen LogP contribution in [-0.4, -0.2) is 96.6 Å². The summed E-state index contributed by atoms with van der Waals surface area (Å²) >= 11 is 0. The third-order valence-electron chi connectivity index (χ3n) is 11.4. The molecule has 0 amide bonds. The summed E-state index contributed by atoms with van der Waals surface area (Å²) in [5.41, 5.74) is 8.46. The van der Waals surface area contributed by atoms with Gasteiger partial charge in [0.2, 0.25) is 0 Å². The van der Waals surface area contributed by atoms with E-state index >= 15 is 0 Å². The maximum atomic E-state index is 9.33. The summed E-state index contributed by atoms with van der Waals surface area (Å²) < 4.78 is 67.9. The van der Waals surface area contributed by atoms with Crippen molar-refractivity contribution in [1.29, 1.82) is 10.5 Å². The second kappa shape index (κ2) is 49.5. The number of aromatic nitrogens is 8. The third kappa shape index (κ3) is 45.1. The molecule has 0 N–H and O–H groups in total. The van der Waals surface area contributed by atoms with E-state index in [1.54, 1.807) is 12.1 Å².